The minimum absolute atomic E-state index is 0.404. The van der Waals surface area contributed by atoms with Crippen LogP contribution in [0.4, 0.5) is 5.88 Å². The fraction of sp³-hybridized carbons (Fsp3) is 0.700. The molecule has 1 heterocycles. The minimum atomic E-state index is 0.404. The number of nitrogen functional groups attached to an aromatic ring is 1. The molecule has 0 saturated heterocycles. The number of anilines is 1. The first kappa shape index (κ1) is 10.1. The van der Waals surface area contributed by atoms with Crippen LogP contribution in [0.3, 0.4) is 0 Å². The van der Waals surface area contributed by atoms with Crippen molar-refractivity contribution in [3.8, 4) is 0 Å². The molecule has 0 aliphatic heterocycles. The van der Waals surface area contributed by atoms with E-state index in [0.717, 1.165) is 5.69 Å². The smallest absolute Gasteiger partial charge is 0.222 e. The van der Waals surface area contributed by atoms with Crippen molar-refractivity contribution in [2.24, 2.45) is 11.8 Å². The van der Waals surface area contributed by atoms with E-state index in [0.29, 0.717) is 23.6 Å². The number of aromatic nitrogens is 1. The highest BCUT2D eigenvalue weighted by atomic mass is 16.5. The lowest BCUT2D eigenvalue weighted by Crippen LogP contribution is -2.13. The van der Waals surface area contributed by atoms with E-state index in [4.69, 9.17) is 10.3 Å². The number of nitrogens with zero attached hydrogens (tertiary/aromatic N) is 1. The molecule has 0 aliphatic carbocycles. The Kier molecular flexibility index (Phi) is 2.96. The first-order valence-corrected chi connectivity index (χ1v) is 4.74. The summed E-state index contributed by atoms with van der Waals surface area (Å²) in [7, 11) is 0. The first-order valence-electron chi connectivity index (χ1n) is 4.74. The second-order valence-electron chi connectivity index (χ2n) is 4.17. The monoisotopic (exact) mass is 182 g/mol. The standard InChI is InChI=1S/C10H18N2O/c1-6(2)10(7(3)4)8-5-9(11)13-12-8/h5-7,10H,11H2,1-4H3. The molecule has 0 fully saturated rings. The van der Waals surface area contributed by atoms with Gasteiger partial charge in [0, 0.05) is 12.0 Å². The highest BCUT2D eigenvalue weighted by molar-refractivity contribution is 5.26. The van der Waals surface area contributed by atoms with Gasteiger partial charge in [-0.1, -0.05) is 32.9 Å². The quantitative estimate of drug-likeness (QED) is 0.781. The molecule has 0 unspecified atom stereocenters. The molecule has 0 amide bonds. The molecular formula is C10H18N2O. The van der Waals surface area contributed by atoms with Crippen LogP contribution in [-0.2, 0) is 0 Å². The Hall–Kier alpha value is -0.990. The Bertz CT molecular complexity index is 258. The van der Waals surface area contributed by atoms with Gasteiger partial charge in [0.25, 0.3) is 0 Å². The molecule has 0 saturated carbocycles. The molecule has 74 valence electrons. The molecule has 1 aromatic heterocycles. The van der Waals surface area contributed by atoms with E-state index in [-0.39, 0.29) is 0 Å². The predicted molar refractivity (Wildman–Crippen MR) is 53.3 cm³/mol. The van der Waals surface area contributed by atoms with Gasteiger partial charge in [0.15, 0.2) is 0 Å². The molecule has 13 heavy (non-hydrogen) atoms. The average molecular weight is 182 g/mol. The third kappa shape index (κ3) is 2.23. The van der Waals surface area contributed by atoms with Gasteiger partial charge in [-0.15, -0.1) is 0 Å². The van der Waals surface area contributed by atoms with Gasteiger partial charge >= 0.3 is 0 Å². The fourth-order valence-electron chi connectivity index (χ4n) is 1.91. The van der Waals surface area contributed by atoms with Crippen LogP contribution in [0.1, 0.15) is 39.3 Å². The van der Waals surface area contributed by atoms with Crippen molar-refractivity contribution in [2.75, 3.05) is 5.73 Å². The normalized spacial score (nSPS) is 11.9. The summed E-state index contributed by atoms with van der Waals surface area (Å²) in [5, 5.41) is 3.96. The summed E-state index contributed by atoms with van der Waals surface area (Å²) in [6.07, 6.45) is 0. The van der Waals surface area contributed by atoms with Gasteiger partial charge in [-0.3, -0.25) is 0 Å². The molecule has 2 N–H and O–H groups in total. The van der Waals surface area contributed by atoms with Crippen LogP contribution in [0.25, 0.3) is 0 Å². The van der Waals surface area contributed by atoms with E-state index in [9.17, 15) is 0 Å². The zero-order valence-corrected chi connectivity index (χ0v) is 8.74. The zero-order valence-electron chi connectivity index (χ0n) is 8.74. The van der Waals surface area contributed by atoms with E-state index >= 15 is 0 Å². The molecule has 0 radical (unpaired) electrons. The third-order valence-electron chi connectivity index (χ3n) is 2.32. The Morgan fingerprint density at radius 1 is 1.23 bits per heavy atom. The maximum absolute atomic E-state index is 5.49. The van der Waals surface area contributed by atoms with Crippen molar-refractivity contribution in [1.29, 1.82) is 0 Å². The lowest BCUT2D eigenvalue weighted by Gasteiger charge is -2.21. The van der Waals surface area contributed by atoms with Gasteiger partial charge in [-0.05, 0) is 11.8 Å². The van der Waals surface area contributed by atoms with Crippen LogP contribution in [0, 0.1) is 11.8 Å². The molecular weight excluding hydrogens is 164 g/mol. The molecule has 3 heteroatoms. The van der Waals surface area contributed by atoms with Crippen molar-refractivity contribution < 1.29 is 4.52 Å². The molecule has 3 nitrogen and oxygen atoms in total. The Labute approximate surface area is 79.3 Å². The van der Waals surface area contributed by atoms with Crippen molar-refractivity contribution in [3.63, 3.8) is 0 Å². The van der Waals surface area contributed by atoms with E-state index in [1.807, 2.05) is 6.07 Å². The number of nitrogens with two attached hydrogens (primary N) is 1. The first-order chi connectivity index (χ1) is 6.02. The van der Waals surface area contributed by atoms with Gasteiger partial charge in [0.1, 0.15) is 0 Å². The average Bonchev–Trinajstić information content (AvgIpc) is 2.34. The summed E-state index contributed by atoms with van der Waals surface area (Å²) in [5.74, 6) is 1.95. The fourth-order valence-corrected chi connectivity index (χ4v) is 1.91. The summed E-state index contributed by atoms with van der Waals surface area (Å²) in [4.78, 5) is 0. The second-order valence-corrected chi connectivity index (χ2v) is 4.17. The maximum Gasteiger partial charge on any atom is 0.222 e. The summed E-state index contributed by atoms with van der Waals surface area (Å²) in [6, 6.07) is 1.82. The van der Waals surface area contributed by atoms with Crippen LogP contribution in [0.5, 0.6) is 0 Å². The Morgan fingerprint density at radius 3 is 2.08 bits per heavy atom. The van der Waals surface area contributed by atoms with E-state index in [2.05, 4.69) is 32.9 Å². The SMILES string of the molecule is CC(C)C(c1cc(N)on1)C(C)C. The summed E-state index contributed by atoms with van der Waals surface area (Å²) in [6.45, 7) is 8.76. The largest absolute Gasteiger partial charge is 0.368 e. The van der Waals surface area contributed by atoms with Gasteiger partial charge in [0.05, 0.1) is 5.69 Å². The van der Waals surface area contributed by atoms with Crippen molar-refractivity contribution in [1.82, 2.24) is 5.16 Å². The highest BCUT2D eigenvalue weighted by Crippen LogP contribution is 2.31. The number of rotatable bonds is 3. The predicted octanol–water partition coefficient (Wildman–Crippen LogP) is 2.65. The van der Waals surface area contributed by atoms with E-state index < -0.39 is 0 Å². The highest BCUT2D eigenvalue weighted by Gasteiger charge is 2.22. The van der Waals surface area contributed by atoms with E-state index in [1.165, 1.54) is 0 Å². The summed E-state index contributed by atoms with van der Waals surface area (Å²) in [5.41, 5.74) is 6.46. The molecule has 0 spiro atoms. The van der Waals surface area contributed by atoms with Gasteiger partial charge in [0.2, 0.25) is 5.88 Å². The maximum atomic E-state index is 5.49. The van der Waals surface area contributed by atoms with Gasteiger partial charge in [-0.2, -0.15) is 0 Å². The molecule has 1 aromatic rings. The van der Waals surface area contributed by atoms with Crippen LogP contribution in [0.15, 0.2) is 10.6 Å². The topological polar surface area (TPSA) is 52.0 Å². The Morgan fingerprint density at radius 2 is 1.77 bits per heavy atom. The lowest BCUT2D eigenvalue weighted by atomic mass is 9.83. The van der Waals surface area contributed by atoms with Crippen LogP contribution < -0.4 is 5.73 Å². The Balaban J connectivity index is 2.88. The number of hydrogen-bond donors (Lipinski definition) is 1. The molecule has 0 aromatic carbocycles. The summed E-state index contributed by atoms with van der Waals surface area (Å²) < 4.78 is 4.87. The molecule has 0 bridgehead atoms. The lowest BCUT2D eigenvalue weighted by molar-refractivity contribution is 0.349. The van der Waals surface area contributed by atoms with Gasteiger partial charge < -0.3 is 10.3 Å². The third-order valence-corrected chi connectivity index (χ3v) is 2.32. The van der Waals surface area contributed by atoms with Crippen molar-refractivity contribution in [2.45, 2.75) is 33.6 Å². The minimum Gasteiger partial charge on any atom is -0.368 e. The van der Waals surface area contributed by atoms with Crippen LogP contribution in [-0.4, -0.2) is 5.16 Å². The van der Waals surface area contributed by atoms with Crippen molar-refractivity contribution >= 4 is 5.88 Å². The second kappa shape index (κ2) is 3.81. The van der Waals surface area contributed by atoms with Crippen LogP contribution >= 0.6 is 0 Å². The molecule has 1 rings (SSSR count). The van der Waals surface area contributed by atoms with Gasteiger partial charge in [-0.25, -0.2) is 0 Å². The summed E-state index contributed by atoms with van der Waals surface area (Å²) >= 11 is 0. The van der Waals surface area contributed by atoms with Crippen LogP contribution in [0.2, 0.25) is 0 Å². The molecule has 0 atom stereocenters. The van der Waals surface area contributed by atoms with E-state index in [1.54, 1.807) is 0 Å². The zero-order chi connectivity index (χ0) is 10.0. The molecule has 0 aliphatic rings. The number of hydrogen-bond acceptors (Lipinski definition) is 3. The van der Waals surface area contributed by atoms with Crippen molar-refractivity contribution in [3.05, 3.63) is 11.8 Å².